The maximum Gasteiger partial charge on any atom is 0.195 e. The summed E-state index contributed by atoms with van der Waals surface area (Å²) < 4.78 is 2.95. The predicted octanol–water partition coefficient (Wildman–Crippen LogP) is 2.57. The number of hydrogen-bond acceptors (Lipinski definition) is 2. The first kappa shape index (κ1) is 8.94. The van der Waals surface area contributed by atoms with E-state index in [9.17, 15) is 0 Å². The maximum atomic E-state index is 5.20. The van der Waals surface area contributed by atoms with E-state index in [0.717, 1.165) is 10.6 Å². The van der Waals surface area contributed by atoms with E-state index in [4.69, 9.17) is 12.2 Å². The lowest BCUT2D eigenvalue weighted by Gasteiger charge is -2.18. The first-order chi connectivity index (χ1) is 6.00. The SMILES string of the molecule is CC(C)(C)c1n[nH]c(=S)n1C1CC1. The quantitative estimate of drug-likeness (QED) is 0.702. The van der Waals surface area contributed by atoms with Crippen molar-refractivity contribution in [2.75, 3.05) is 0 Å². The molecule has 1 fully saturated rings. The molecule has 1 aromatic rings. The monoisotopic (exact) mass is 197 g/mol. The molecular weight excluding hydrogens is 182 g/mol. The Morgan fingerprint density at radius 1 is 1.46 bits per heavy atom. The van der Waals surface area contributed by atoms with Gasteiger partial charge in [0.1, 0.15) is 5.82 Å². The van der Waals surface area contributed by atoms with Crippen LogP contribution in [0.1, 0.15) is 45.5 Å². The molecule has 1 aliphatic rings. The van der Waals surface area contributed by atoms with Gasteiger partial charge in [-0.25, -0.2) is 0 Å². The standard InChI is InChI=1S/C9H15N3S/c1-9(2,3)7-10-11-8(13)12(7)6-4-5-6/h6H,4-5H2,1-3H3,(H,11,13). The van der Waals surface area contributed by atoms with Gasteiger partial charge in [0.2, 0.25) is 0 Å². The topological polar surface area (TPSA) is 33.6 Å². The van der Waals surface area contributed by atoms with Gasteiger partial charge in [0.15, 0.2) is 4.77 Å². The minimum absolute atomic E-state index is 0.0795. The van der Waals surface area contributed by atoms with Crippen LogP contribution in [0.5, 0.6) is 0 Å². The zero-order chi connectivity index (χ0) is 9.64. The average Bonchev–Trinajstić information content (AvgIpc) is 2.73. The van der Waals surface area contributed by atoms with Crippen molar-refractivity contribution < 1.29 is 0 Å². The van der Waals surface area contributed by atoms with Crippen LogP contribution in [0.4, 0.5) is 0 Å². The van der Waals surface area contributed by atoms with E-state index >= 15 is 0 Å². The Morgan fingerprint density at radius 2 is 2.08 bits per heavy atom. The first-order valence-corrected chi connectivity index (χ1v) is 5.08. The molecule has 0 atom stereocenters. The van der Waals surface area contributed by atoms with Crippen LogP contribution in [-0.2, 0) is 5.41 Å². The summed E-state index contributed by atoms with van der Waals surface area (Å²) in [5.74, 6) is 1.08. The normalized spacial score (nSPS) is 17.8. The van der Waals surface area contributed by atoms with Crippen molar-refractivity contribution >= 4 is 12.2 Å². The molecule has 0 aliphatic heterocycles. The largest absolute Gasteiger partial charge is 0.301 e. The molecule has 72 valence electrons. The summed E-state index contributed by atoms with van der Waals surface area (Å²) in [5, 5.41) is 7.17. The summed E-state index contributed by atoms with van der Waals surface area (Å²) in [6.45, 7) is 6.49. The second kappa shape index (κ2) is 2.67. The summed E-state index contributed by atoms with van der Waals surface area (Å²) >= 11 is 5.20. The van der Waals surface area contributed by atoms with Crippen LogP contribution in [0.25, 0.3) is 0 Å². The van der Waals surface area contributed by atoms with E-state index in [-0.39, 0.29) is 5.41 Å². The lowest BCUT2D eigenvalue weighted by molar-refractivity contribution is 0.499. The predicted molar refractivity (Wildman–Crippen MR) is 54.4 cm³/mol. The molecule has 0 saturated heterocycles. The van der Waals surface area contributed by atoms with E-state index in [1.54, 1.807) is 0 Å². The Bertz CT molecular complexity index is 365. The number of nitrogens with one attached hydrogen (secondary N) is 1. The molecule has 3 nitrogen and oxygen atoms in total. The van der Waals surface area contributed by atoms with Gasteiger partial charge in [-0.05, 0) is 25.1 Å². The van der Waals surface area contributed by atoms with Gasteiger partial charge in [-0.15, -0.1) is 0 Å². The highest BCUT2D eigenvalue weighted by molar-refractivity contribution is 7.71. The van der Waals surface area contributed by atoms with Crippen molar-refractivity contribution in [2.45, 2.75) is 45.1 Å². The van der Waals surface area contributed by atoms with Gasteiger partial charge < -0.3 is 4.57 Å². The molecule has 0 aromatic carbocycles. The fraction of sp³-hybridized carbons (Fsp3) is 0.778. The minimum atomic E-state index is 0.0795. The number of nitrogens with zero attached hydrogens (tertiary/aromatic N) is 2. The molecule has 4 heteroatoms. The second-order valence-corrected chi connectivity index (χ2v) is 5.09. The zero-order valence-electron chi connectivity index (χ0n) is 8.29. The zero-order valence-corrected chi connectivity index (χ0v) is 9.11. The number of aromatic amines is 1. The molecule has 0 bridgehead atoms. The molecule has 1 heterocycles. The molecule has 2 rings (SSSR count). The van der Waals surface area contributed by atoms with E-state index in [0.29, 0.717) is 6.04 Å². The van der Waals surface area contributed by atoms with Crippen LogP contribution in [0.15, 0.2) is 0 Å². The molecule has 0 unspecified atom stereocenters. The molecule has 1 saturated carbocycles. The molecule has 0 radical (unpaired) electrons. The Balaban J connectivity index is 2.51. The van der Waals surface area contributed by atoms with Crippen LogP contribution >= 0.6 is 12.2 Å². The van der Waals surface area contributed by atoms with E-state index < -0.39 is 0 Å². The number of aromatic nitrogens is 3. The molecular formula is C9H15N3S. The Kier molecular flexibility index (Phi) is 1.84. The molecule has 0 spiro atoms. The summed E-state index contributed by atoms with van der Waals surface area (Å²) in [7, 11) is 0. The lowest BCUT2D eigenvalue weighted by atomic mass is 9.96. The highest BCUT2D eigenvalue weighted by Gasteiger charge is 2.31. The fourth-order valence-electron chi connectivity index (χ4n) is 1.51. The number of rotatable bonds is 1. The number of H-pyrrole nitrogens is 1. The third kappa shape index (κ3) is 1.55. The molecule has 13 heavy (non-hydrogen) atoms. The molecule has 1 N–H and O–H groups in total. The van der Waals surface area contributed by atoms with Crippen LogP contribution in [0.3, 0.4) is 0 Å². The highest BCUT2D eigenvalue weighted by Crippen LogP contribution is 2.38. The highest BCUT2D eigenvalue weighted by atomic mass is 32.1. The van der Waals surface area contributed by atoms with Crippen molar-refractivity contribution in [1.29, 1.82) is 0 Å². The van der Waals surface area contributed by atoms with Crippen molar-refractivity contribution in [2.24, 2.45) is 0 Å². The summed E-state index contributed by atoms with van der Waals surface area (Å²) in [6, 6.07) is 0.612. The fourth-order valence-corrected chi connectivity index (χ4v) is 1.79. The average molecular weight is 197 g/mol. The summed E-state index contributed by atoms with van der Waals surface area (Å²) in [4.78, 5) is 0. The van der Waals surface area contributed by atoms with Crippen molar-refractivity contribution in [3.8, 4) is 0 Å². The minimum Gasteiger partial charge on any atom is -0.301 e. The van der Waals surface area contributed by atoms with Crippen LogP contribution in [0.2, 0.25) is 0 Å². The van der Waals surface area contributed by atoms with Gasteiger partial charge in [-0.1, -0.05) is 20.8 Å². The number of hydrogen-bond donors (Lipinski definition) is 1. The maximum absolute atomic E-state index is 5.20. The third-order valence-corrected chi connectivity index (χ3v) is 2.58. The van der Waals surface area contributed by atoms with Gasteiger partial charge >= 0.3 is 0 Å². The second-order valence-electron chi connectivity index (χ2n) is 4.70. The Hall–Kier alpha value is -0.640. The smallest absolute Gasteiger partial charge is 0.195 e. The Labute approximate surface area is 83.2 Å². The molecule has 1 aliphatic carbocycles. The van der Waals surface area contributed by atoms with E-state index in [2.05, 4.69) is 35.5 Å². The van der Waals surface area contributed by atoms with Crippen molar-refractivity contribution in [1.82, 2.24) is 14.8 Å². The molecule has 1 aromatic heterocycles. The van der Waals surface area contributed by atoms with E-state index in [1.807, 2.05) is 0 Å². The Morgan fingerprint density at radius 3 is 2.54 bits per heavy atom. The van der Waals surface area contributed by atoms with Crippen molar-refractivity contribution in [3.05, 3.63) is 10.6 Å². The van der Waals surface area contributed by atoms with Gasteiger partial charge in [-0.3, -0.25) is 5.10 Å². The summed E-state index contributed by atoms with van der Waals surface area (Å²) in [6.07, 6.45) is 2.49. The van der Waals surface area contributed by atoms with Gasteiger partial charge in [0.05, 0.1) is 0 Å². The van der Waals surface area contributed by atoms with Gasteiger partial charge in [0.25, 0.3) is 0 Å². The van der Waals surface area contributed by atoms with Crippen LogP contribution < -0.4 is 0 Å². The lowest BCUT2D eigenvalue weighted by Crippen LogP contribution is -2.18. The first-order valence-electron chi connectivity index (χ1n) is 4.67. The summed E-state index contributed by atoms with van der Waals surface area (Å²) in [5.41, 5.74) is 0.0795. The van der Waals surface area contributed by atoms with E-state index in [1.165, 1.54) is 12.8 Å². The van der Waals surface area contributed by atoms with Crippen molar-refractivity contribution in [3.63, 3.8) is 0 Å². The van der Waals surface area contributed by atoms with Gasteiger partial charge in [-0.2, -0.15) is 5.10 Å². The van der Waals surface area contributed by atoms with Gasteiger partial charge in [0, 0.05) is 11.5 Å². The van der Waals surface area contributed by atoms with Crippen LogP contribution in [0, 0.1) is 4.77 Å². The van der Waals surface area contributed by atoms with Crippen LogP contribution in [-0.4, -0.2) is 14.8 Å². The third-order valence-electron chi connectivity index (χ3n) is 2.29. The molecule has 0 amide bonds.